The number of thiazole rings is 1. The third kappa shape index (κ3) is 5.31. The van der Waals surface area contributed by atoms with Crippen LogP contribution in [0.5, 0.6) is 0 Å². The second-order valence-electron chi connectivity index (χ2n) is 8.01. The van der Waals surface area contributed by atoms with Gasteiger partial charge in [-0.25, -0.2) is 14.4 Å². The molecule has 1 N–H and O–H groups in total. The lowest BCUT2D eigenvalue weighted by molar-refractivity contribution is 0.0622. The van der Waals surface area contributed by atoms with Gasteiger partial charge in [0.1, 0.15) is 5.82 Å². The van der Waals surface area contributed by atoms with Gasteiger partial charge in [-0.2, -0.15) is 4.98 Å². The van der Waals surface area contributed by atoms with Crippen molar-refractivity contribution in [2.24, 2.45) is 0 Å². The van der Waals surface area contributed by atoms with Gasteiger partial charge in [-0.1, -0.05) is 22.8 Å². The molecule has 180 valence electrons. The summed E-state index contributed by atoms with van der Waals surface area (Å²) in [6.07, 6.45) is 1.72. The number of hydrogen-bond donors (Lipinski definition) is 1. The average molecular weight is 514 g/mol. The minimum absolute atomic E-state index is 0.00642. The van der Waals surface area contributed by atoms with E-state index in [1.54, 1.807) is 24.1 Å². The number of halogens is 2. The third-order valence-corrected chi connectivity index (χ3v) is 6.53. The molecular weight excluding hydrogens is 493 g/mol. The van der Waals surface area contributed by atoms with E-state index in [0.717, 1.165) is 16.4 Å². The Morgan fingerprint density at radius 1 is 1.23 bits per heavy atom. The molecule has 5 rings (SSSR count). The largest absolute Gasteiger partial charge is 0.336 e. The lowest BCUT2D eigenvalue weighted by Gasteiger charge is -2.34. The first-order valence-corrected chi connectivity index (χ1v) is 12.2. The van der Waals surface area contributed by atoms with Crippen LogP contribution >= 0.6 is 22.9 Å². The topological polar surface area (TPSA) is 100 Å². The molecule has 4 aromatic rings. The number of rotatable bonds is 6. The second-order valence-corrected chi connectivity index (χ2v) is 9.31. The fourth-order valence-electron chi connectivity index (χ4n) is 3.84. The maximum absolute atomic E-state index is 14.3. The molecule has 1 saturated heterocycles. The predicted molar refractivity (Wildman–Crippen MR) is 130 cm³/mol. The fraction of sp³-hybridized carbons (Fsp3) is 0.261. The highest BCUT2D eigenvalue weighted by Gasteiger charge is 2.25. The Hall–Kier alpha value is -3.41. The summed E-state index contributed by atoms with van der Waals surface area (Å²) in [5, 5.41) is 9.65. The minimum atomic E-state index is -0.681. The molecule has 9 nitrogen and oxygen atoms in total. The van der Waals surface area contributed by atoms with Crippen LogP contribution in [0.2, 0.25) is 5.02 Å². The van der Waals surface area contributed by atoms with Crippen LogP contribution in [-0.2, 0) is 6.54 Å². The molecule has 12 heteroatoms. The van der Waals surface area contributed by atoms with Gasteiger partial charge in [0.25, 0.3) is 11.8 Å². The van der Waals surface area contributed by atoms with Gasteiger partial charge in [0.05, 0.1) is 16.3 Å². The Labute approximate surface area is 209 Å². The third-order valence-electron chi connectivity index (χ3n) is 5.55. The quantitative estimate of drug-likeness (QED) is 0.405. The summed E-state index contributed by atoms with van der Waals surface area (Å²) >= 11 is 7.31. The monoisotopic (exact) mass is 513 g/mol. The Morgan fingerprint density at radius 2 is 2.06 bits per heavy atom. The molecule has 0 radical (unpaired) electrons. The van der Waals surface area contributed by atoms with Crippen molar-refractivity contribution in [2.45, 2.75) is 13.5 Å². The summed E-state index contributed by atoms with van der Waals surface area (Å²) in [6.45, 7) is 4.50. The van der Waals surface area contributed by atoms with Crippen molar-refractivity contribution in [2.75, 3.05) is 31.5 Å². The molecule has 1 aliphatic rings. The number of benzene rings is 1. The average Bonchev–Trinajstić information content (AvgIpc) is 3.52. The molecule has 0 atom stereocenters. The highest BCUT2D eigenvalue weighted by Crippen LogP contribution is 2.26. The number of aryl methyl sites for hydroxylation is 1. The molecule has 3 aromatic heterocycles. The molecule has 0 bridgehead atoms. The number of carbonyl (C=O) groups excluding carboxylic acids is 1. The van der Waals surface area contributed by atoms with Crippen molar-refractivity contribution in [1.29, 1.82) is 0 Å². The Bertz CT molecular complexity index is 1340. The molecule has 0 saturated carbocycles. The normalized spacial score (nSPS) is 14.3. The summed E-state index contributed by atoms with van der Waals surface area (Å²) in [4.78, 5) is 30.0. The molecular formula is C23H21ClFN7O2S. The first kappa shape index (κ1) is 23.3. The van der Waals surface area contributed by atoms with E-state index in [2.05, 4.69) is 25.3 Å². The first-order valence-electron chi connectivity index (χ1n) is 10.9. The van der Waals surface area contributed by atoms with Gasteiger partial charge in [-0.15, -0.1) is 11.3 Å². The van der Waals surface area contributed by atoms with E-state index in [1.165, 1.54) is 23.5 Å². The SMILES string of the molecule is Cc1noc(-c2cc(CN3CCN(C(=O)c4cccc(Cl)c4F)CC3)nc(Nc3nccs3)c2)n1. The van der Waals surface area contributed by atoms with Gasteiger partial charge >= 0.3 is 0 Å². The van der Waals surface area contributed by atoms with Crippen molar-refractivity contribution in [3.63, 3.8) is 0 Å². The minimum Gasteiger partial charge on any atom is -0.336 e. The second kappa shape index (κ2) is 10.1. The maximum atomic E-state index is 14.3. The number of piperazine rings is 1. The number of anilines is 2. The van der Waals surface area contributed by atoms with Gasteiger partial charge in [0, 0.05) is 49.9 Å². The number of amides is 1. The summed E-state index contributed by atoms with van der Waals surface area (Å²) in [7, 11) is 0. The van der Waals surface area contributed by atoms with Crippen molar-refractivity contribution < 1.29 is 13.7 Å². The summed E-state index contributed by atoms with van der Waals surface area (Å²) < 4.78 is 19.7. The molecule has 0 spiro atoms. The van der Waals surface area contributed by atoms with Crippen LogP contribution in [-0.4, -0.2) is 62.0 Å². The zero-order valence-electron chi connectivity index (χ0n) is 18.7. The number of carbonyl (C=O) groups is 1. The van der Waals surface area contributed by atoms with E-state index in [0.29, 0.717) is 50.3 Å². The van der Waals surface area contributed by atoms with Crippen molar-refractivity contribution in [3.8, 4) is 11.5 Å². The number of nitrogens with zero attached hydrogens (tertiary/aromatic N) is 6. The van der Waals surface area contributed by atoms with Crippen LogP contribution in [0, 0.1) is 12.7 Å². The zero-order valence-corrected chi connectivity index (χ0v) is 20.3. The molecule has 0 aliphatic carbocycles. The van der Waals surface area contributed by atoms with E-state index < -0.39 is 5.82 Å². The molecule has 1 amide bonds. The van der Waals surface area contributed by atoms with Crippen molar-refractivity contribution in [1.82, 2.24) is 29.9 Å². The highest BCUT2D eigenvalue weighted by molar-refractivity contribution is 7.13. The van der Waals surface area contributed by atoms with E-state index in [1.807, 2.05) is 17.5 Å². The van der Waals surface area contributed by atoms with E-state index >= 15 is 0 Å². The Kier molecular flexibility index (Phi) is 6.71. The molecule has 0 unspecified atom stereocenters. The lowest BCUT2D eigenvalue weighted by Crippen LogP contribution is -2.48. The van der Waals surface area contributed by atoms with E-state index in [4.69, 9.17) is 21.1 Å². The van der Waals surface area contributed by atoms with Crippen LogP contribution in [0.4, 0.5) is 15.3 Å². The fourth-order valence-corrected chi connectivity index (χ4v) is 4.55. The van der Waals surface area contributed by atoms with Crippen molar-refractivity contribution in [3.05, 3.63) is 69.8 Å². The number of aromatic nitrogens is 4. The maximum Gasteiger partial charge on any atom is 0.258 e. The van der Waals surface area contributed by atoms with Crippen LogP contribution in [0.25, 0.3) is 11.5 Å². The van der Waals surface area contributed by atoms with E-state index in [9.17, 15) is 9.18 Å². The van der Waals surface area contributed by atoms with Gasteiger partial charge in [-0.05, 0) is 31.2 Å². The zero-order chi connectivity index (χ0) is 24.4. The van der Waals surface area contributed by atoms with Gasteiger partial charge in [-0.3, -0.25) is 9.69 Å². The number of nitrogens with one attached hydrogen (secondary N) is 1. The van der Waals surface area contributed by atoms with Gasteiger partial charge in [0.2, 0.25) is 0 Å². The molecule has 1 aliphatic heterocycles. The van der Waals surface area contributed by atoms with Gasteiger partial charge < -0.3 is 14.7 Å². The highest BCUT2D eigenvalue weighted by atomic mass is 35.5. The Balaban J connectivity index is 1.30. The standard InChI is InChI=1S/C23H21ClFN7O2S/c1-14-27-21(34-30-14)15-11-16(28-19(12-15)29-23-26-5-10-35-23)13-31-6-8-32(9-7-31)22(33)17-3-2-4-18(24)20(17)25/h2-5,10-12H,6-9,13H2,1H3,(H,26,28,29). The summed E-state index contributed by atoms with van der Waals surface area (Å²) in [5.41, 5.74) is 1.55. The van der Waals surface area contributed by atoms with Crippen LogP contribution in [0.3, 0.4) is 0 Å². The van der Waals surface area contributed by atoms with Crippen LogP contribution < -0.4 is 5.32 Å². The lowest BCUT2D eigenvalue weighted by atomic mass is 10.1. The summed E-state index contributed by atoms with van der Waals surface area (Å²) in [6, 6.07) is 8.23. The first-order chi connectivity index (χ1) is 17.0. The smallest absolute Gasteiger partial charge is 0.258 e. The predicted octanol–water partition coefficient (Wildman–Crippen LogP) is 4.39. The van der Waals surface area contributed by atoms with Crippen molar-refractivity contribution >= 4 is 39.8 Å². The Morgan fingerprint density at radius 3 is 2.77 bits per heavy atom. The number of hydrogen-bond acceptors (Lipinski definition) is 9. The molecule has 35 heavy (non-hydrogen) atoms. The summed E-state index contributed by atoms with van der Waals surface area (Å²) in [5.74, 6) is 0.538. The van der Waals surface area contributed by atoms with E-state index in [-0.39, 0.29) is 16.5 Å². The number of pyridine rings is 1. The molecule has 1 fully saturated rings. The van der Waals surface area contributed by atoms with Gasteiger partial charge in [0.15, 0.2) is 16.8 Å². The molecule has 4 heterocycles. The van der Waals surface area contributed by atoms with Crippen LogP contribution in [0.15, 0.2) is 46.4 Å². The molecule has 1 aromatic carbocycles. The van der Waals surface area contributed by atoms with Crippen LogP contribution in [0.1, 0.15) is 21.9 Å².